The van der Waals surface area contributed by atoms with Gasteiger partial charge in [0.15, 0.2) is 0 Å². The Labute approximate surface area is 102 Å². The van der Waals surface area contributed by atoms with Crippen molar-refractivity contribution in [2.75, 3.05) is 0 Å². The molecule has 2 aromatic rings. The number of pyridine rings is 1. The number of halogens is 3. The zero-order valence-electron chi connectivity index (χ0n) is 7.95. The molecule has 0 spiro atoms. The van der Waals surface area contributed by atoms with Crippen molar-refractivity contribution in [3.63, 3.8) is 0 Å². The predicted molar refractivity (Wildman–Crippen MR) is 60.7 cm³/mol. The van der Waals surface area contributed by atoms with Crippen LogP contribution in [-0.2, 0) is 0 Å². The highest BCUT2D eigenvalue weighted by molar-refractivity contribution is 6.30. The van der Waals surface area contributed by atoms with Gasteiger partial charge in [0, 0.05) is 12.1 Å². The monoisotopic (exact) mass is 257 g/mol. The van der Waals surface area contributed by atoms with Crippen LogP contribution in [0.25, 0.3) is 0 Å². The summed E-state index contributed by atoms with van der Waals surface area (Å²) in [6.07, 6.45) is 0. The fourth-order valence-corrected chi connectivity index (χ4v) is 1.38. The first-order valence-electron chi connectivity index (χ1n) is 4.40. The van der Waals surface area contributed by atoms with E-state index < -0.39 is 5.82 Å². The fourth-order valence-electron chi connectivity index (χ4n) is 1.11. The molecule has 0 saturated carbocycles. The first-order valence-corrected chi connectivity index (χ1v) is 5.16. The van der Waals surface area contributed by atoms with E-state index in [1.54, 1.807) is 24.3 Å². The van der Waals surface area contributed by atoms with Crippen LogP contribution in [0.15, 0.2) is 36.4 Å². The first-order chi connectivity index (χ1) is 7.65. The van der Waals surface area contributed by atoms with E-state index in [0.29, 0.717) is 16.8 Å². The topological polar surface area (TPSA) is 22.1 Å². The van der Waals surface area contributed by atoms with Crippen molar-refractivity contribution in [2.45, 2.75) is 0 Å². The average molecular weight is 258 g/mol. The molecule has 0 bridgehead atoms. The molecule has 1 heterocycles. The van der Waals surface area contributed by atoms with Gasteiger partial charge in [-0.05, 0) is 18.2 Å². The minimum atomic E-state index is -0.541. The summed E-state index contributed by atoms with van der Waals surface area (Å²) in [5, 5.41) is 0.360. The molecular formula is C11H6Cl2FNO. The Hall–Kier alpha value is -1.32. The maximum atomic E-state index is 13.1. The molecule has 2 nitrogen and oxygen atoms in total. The summed E-state index contributed by atoms with van der Waals surface area (Å²) in [5.74, 6) is 0.0760. The minimum Gasteiger partial charge on any atom is -0.439 e. The number of hydrogen-bond donors (Lipinski definition) is 0. The molecule has 2 rings (SSSR count). The van der Waals surface area contributed by atoms with E-state index in [-0.39, 0.29) is 5.02 Å². The second-order valence-corrected chi connectivity index (χ2v) is 3.77. The maximum Gasteiger partial charge on any atom is 0.220 e. The van der Waals surface area contributed by atoms with E-state index in [9.17, 15) is 4.39 Å². The summed E-state index contributed by atoms with van der Waals surface area (Å²) in [4.78, 5) is 3.91. The van der Waals surface area contributed by atoms with Gasteiger partial charge in [0.1, 0.15) is 16.7 Å². The number of benzene rings is 1. The third kappa shape index (κ3) is 2.62. The molecule has 0 saturated heterocycles. The zero-order chi connectivity index (χ0) is 11.5. The van der Waals surface area contributed by atoms with E-state index in [0.717, 1.165) is 0 Å². The number of rotatable bonds is 2. The van der Waals surface area contributed by atoms with Crippen LogP contribution in [0.2, 0.25) is 10.2 Å². The molecule has 0 unspecified atom stereocenters. The van der Waals surface area contributed by atoms with Crippen molar-refractivity contribution in [1.82, 2.24) is 4.98 Å². The van der Waals surface area contributed by atoms with E-state index in [1.165, 1.54) is 12.1 Å². The molecule has 0 aliphatic carbocycles. The van der Waals surface area contributed by atoms with Crippen LogP contribution in [0.1, 0.15) is 0 Å². The zero-order valence-corrected chi connectivity index (χ0v) is 9.47. The summed E-state index contributed by atoms with van der Waals surface area (Å²) in [7, 11) is 0. The SMILES string of the molecule is Fc1cc(Oc2cccc(Cl)n2)ccc1Cl. The lowest BCUT2D eigenvalue weighted by Gasteiger charge is -2.05. The van der Waals surface area contributed by atoms with Gasteiger partial charge in [-0.15, -0.1) is 0 Å². The van der Waals surface area contributed by atoms with Crippen LogP contribution in [0.3, 0.4) is 0 Å². The normalized spacial score (nSPS) is 10.2. The van der Waals surface area contributed by atoms with Crippen molar-refractivity contribution in [3.05, 3.63) is 52.4 Å². The van der Waals surface area contributed by atoms with Gasteiger partial charge < -0.3 is 4.74 Å². The van der Waals surface area contributed by atoms with E-state index in [1.807, 2.05) is 0 Å². The van der Waals surface area contributed by atoms with Gasteiger partial charge in [0.05, 0.1) is 5.02 Å². The lowest BCUT2D eigenvalue weighted by atomic mass is 10.3. The molecule has 0 aliphatic rings. The summed E-state index contributed by atoms with van der Waals surface area (Å²) in [6, 6.07) is 9.09. The minimum absolute atomic E-state index is 0.0476. The van der Waals surface area contributed by atoms with Gasteiger partial charge >= 0.3 is 0 Å². The van der Waals surface area contributed by atoms with Crippen molar-refractivity contribution in [2.24, 2.45) is 0 Å². The van der Waals surface area contributed by atoms with Gasteiger partial charge in [0.25, 0.3) is 0 Å². The molecule has 0 N–H and O–H groups in total. The smallest absolute Gasteiger partial charge is 0.220 e. The predicted octanol–water partition coefficient (Wildman–Crippen LogP) is 4.32. The lowest BCUT2D eigenvalue weighted by Crippen LogP contribution is -1.88. The van der Waals surface area contributed by atoms with E-state index in [2.05, 4.69) is 4.98 Å². The molecule has 1 aromatic carbocycles. The van der Waals surface area contributed by atoms with Crippen LogP contribution in [-0.4, -0.2) is 4.98 Å². The third-order valence-electron chi connectivity index (χ3n) is 1.80. The number of aromatic nitrogens is 1. The van der Waals surface area contributed by atoms with E-state index in [4.69, 9.17) is 27.9 Å². The molecule has 0 amide bonds. The first kappa shape index (κ1) is 11.2. The molecule has 0 atom stereocenters. The molecule has 0 radical (unpaired) electrons. The van der Waals surface area contributed by atoms with Crippen LogP contribution in [0.5, 0.6) is 11.6 Å². The van der Waals surface area contributed by atoms with Gasteiger partial charge in [0.2, 0.25) is 5.88 Å². The van der Waals surface area contributed by atoms with Crippen LogP contribution in [0, 0.1) is 5.82 Å². The van der Waals surface area contributed by atoms with Gasteiger partial charge in [-0.2, -0.15) is 0 Å². The number of hydrogen-bond acceptors (Lipinski definition) is 2. The Kier molecular flexibility index (Phi) is 3.27. The second-order valence-electron chi connectivity index (χ2n) is 2.98. The highest BCUT2D eigenvalue weighted by Gasteiger charge is 2.03. The second kappa shape index (κ2) is 4.68. The fraction of sp³-hybridized carbons (Fsp3) is 0. The van der Waals surface area contributed by atoms with Crippen molar-refractivity contribution >= 4 is 23.2 Å². The van der Waals surface area contributed by atoms with Gasteiger partial charge in [-0.1, -0.05) is 29.3 Å². The quantitative estimate of drug-likeness (QED) is 0.748. The maximum absolute atomic E-state index is 13.1. The molecule has 5 heteroatoms. The number of nitrogens with zero attached hydrogens (tertiary/aromatic N) is 1. The van der Waals surface area contributed by atoms with Crippen molar-refractivity contribution < 1.29 is 9.13 Å². The molecule has 0 fully saturated rings. The molecule has 0 aliphatic heterocycles. The molecular weight excluding hydrogens is 252 g/mol. The Morgan fingerprint density at radius 1 is 1.12 bits per heavy atom. The van der Waals surface area contributed by atoms with Gasteiger partial charge in [-0.3, -0.25) is 0 Å². The van der Waals surface area contributed by atoms with Crippen LogP contribution in [0.4, 0.5) is 4.39 Å². The Morgan fingerprint density at radius 2 is 1.94 bits per heavy atom. The van der Waals surface area contributed by atoms with Crippen LogP contribution < -0.4 is 4.74 Å². The summed E-state index contributed by atoms with van der Waals surface area (Å²) in [5.41, 5.74) is 0. The molecule has 82 valence electrons. The third-order valence-corrected chi connectivity index (χ3v) is 2.32. The summed E-state index contributed by atoms with van der Waals surface area (Å²) >= 11 is 11.2. The van der Waals surface area contributed by atoms with Crippen molar-refractivity contribution in [3.8, 4) is 11.6 Å². The molecule has 16 heavy (non-hydrogen) atoms. The Morgan fingerprint density at radius 3 is 2.62 bits per heavy atom. The number of ether oxygens (including phenoxy) is 1. The average Bonchev–Trinajstić information content (AvgIpc) is 2.24. The van der Waals surface area contributed by atoms with Crippen molar-refractivity contribution in [1.29, 1.82) is 0 Å². The van der Waals surface area contributed by atoms with Gasteiger partial charge in [-0.25, -0.2) is 9.37 Å². The highest BCUT2D eigenvalue weighted by Crippen LogP contribution is 2.24. The summed E-state index contributed by atoms with van der Waals surface area (Å²) in [6.45, 7) is 0. The molecule has 1 aromatic heterocycles. The Bertz CT molecular complexity index is 519. The Balaban J connectivity index is 2.24. The van der Waals surface area contributed by atoms with E-state index >= 15 is 0 Å². The highest BCUT2D eigenvalue weighted by atomic mass is 35.5. The largest absolute Gasteiger partial charge is 0.439 e. The van der Waals surface area contributed by atoms with Crippen LogP contribution >= 0.6 is 23.2 Å². The standard InChI is InChI=1S/C11H6Cl2FNO/c12-8-5-4-7(6-9(8)14)16-11-3-1-2-10(13)15-11/h1-6H. The lowest BCUT2D eigenvalue weighted by molar-refractivity contribution is 0.458. The summed E-state index contributed by atoms with van der Waals surface area (Å²) < 4.78 is 18.4.